The Morgan fingerprint density at radius 2 is 1.95 bits per heavy atom. The van der Waals surface area contributed by atoms with E-state index in [0.717, 1.165) is 28.1 Å². The molecule has 2 aromatic carbocycles. The third-order valence-electron chi connectivity index (χ3n) is 3.22. The number of halogens is 3. The summed E-state index contributed by atoms with van der Waals surface area (Å²) in [6, 6.07) is 11.4. The number of fused-ring (bicyclic) bond motifs is 1. The molecule has 0 amide bonds. The van der Waals surface area contributed by atoms with Crippen LogP contribution < -0.4 is 0 Å². The lowest BCUT2D eigenvalue weighted by molar-refractivity contribution is 0.972. The summed E-state index contributed by atoms with van der Waals surface area (Å²) in [7, 11) is 0. The number of aromatic nitrogens is 2. The molecule has 5 heteroatoms. The van der Waals surface area contributed by atoms with E-state index in [1.165, 1.54) is 0 Å². The zero-order chi connectivity index (χ0) is 14.3. The lowest BCUT2D eigenvalue weighted by Crippen LogP contribution is -2.02. The molecule has 3 aromatic rings. The minimum Gasteiger partial charge on any atom is -0.293 e. The maximum atomic E-state index is 6.37. The van der Waals surface area contributed by atoms with Crippen LogP contribution in [0.3, 0.4) is 0 Å². The van der Waals surface area contributed by atoms with Crippen molar-refractivity contribution in [3.63, 3.8) is 0 Å². The number of alkyl halides is 1. The van der Waals surface area contributed by atoms with Crippen LogP contribution in [0.25, 0.3) is 16.7 Å². The van der Waals surface area contributed by atoms with Crippen LogP contribution in [0, 0.1) is 6.92 Å². The summed E-state index contributed by atoms with van der Waals surface area (Å²) in [5.74, 6) is 1.05. The Morgan fingerprint density at radius 3 is 2.65 bits per heavy atom. The van der Waals surface area contributed by atoms with Gasteiger partial charge in [0.1, 0.15) is 5.82 Å². The topological polar surface area (TPSA) is 17.8 Å². The quantitative estimate of drug-likeness (QED) is 0.578. The minimum absolute atomic E-state index is 0.303. The van der Waals surface area contributed by atoms with Crippen molar-refractivity contribution < 1.29 is 0 Å². The second kappa shape index (κ2) is 5.28. The third-order valence-corrected chi connectivity index (χ3v) is 4.00. The average Bonchev–Trinajstić information content (AvgIpc) is 2.77. The Balaban J connectivity index is 2.42. The first-order chi connectivity index (χ1) is 9.61. The van der Waals surface area contributed by atoms with E-state index in [4.69, 9.17) is 34.8 Å². The van der Waals surface area contributed by atoms with Crippen molar-refractivity contribution in [2.24, 2.45) is 0 Å². The Hall–Kier alpha value is -1.22. The second-order valence-electron chi connectivity index (χ2n) is 4.54. The van der Waals surface area contributed by atoms with Gasteiger partial charge in [-0.2, -0.15) is 0 Å². The van der Waals surface area contributed by atoms with Gasteiger partial charge in [-0.25, -0.2) is 4.98 Å². The van der Waals surface area contributed by atoms with Gasteiger partial charge in [0.2, 0.25) is 0 Å². The van der Waals surface area contributed by atoms with E-state index >= 15 is 0 Å². The smallest absolute Gasteiger partial charge is 0.129 e. The minimum atomic E-state index is 0.303. The molecule has 1 heterocycles. The lowest BCUT2D eigenvalue weighted by atomic mass is 10.2. The Kier molecular flexibility index (Phi) is 3.63. The van der Waals surface area contributed by atoms with Crippen LogP contribution in [-0.2, 0) is 5.88 Å². The number of imidazole rings is 1. The highest BCUT2D eigenvalue weighted by atomic mass is 35.5. The Morgan fingerprint density at radius 1 is 1.15 bits per heavy atom. The van der Waals surface area contributed by atoms with Crippen LogP contribution in [0.15, 0.2) is 36.4 Å². The van der Waals surface area contributed by atoms with Crippen molar-refractivity contribution in [3.8, 4) is 5.69 Å². The molecule has 0 N–H and O–H groups in total. The van der Waals surface area contributed by atoms with Gasteiger partial charge < -0.3 is 0 Å². The molecular weight excluding hydrogens is 315 g/mol. The predicted molar refractivity (Wildman–Crippen MR) is 85.4 cm³/mol. The first-order valence-electron chi connectivity index (χ1n) is 6.10. The molecule has 0 atom stereocenters. The second-order valence-corrected chi connectivity index (χ2v) is 5.65. The van der Waals surface area contributed by atoms with Gasteiger partial charge in [-0.15, -0.1) is 11.6 Å². The molecule has 0 unspecified atom stereocenters. The fourth-order valence-corrected chi connectivity index (χ4v) is 3.00. The average molecular weight is 326 g/mol. The number of nitrogens with zero attached hydrogens (tertiary/aromatic N) is 2. The van der Waals surface area contributed by atoms with Gasteiger partial charge in [0.05, 0.1) is 27.6 Å². The molecule has 0 saturated carbocycles. The van der Waals surface area contributed by atoms with Crippen molar-refractivity contribution in [1.82, 2.24) is 9.55 Å². The van der Waals surface area contributed by atoms with Crippen molar-refractivity contribution in [3.05, 3.63) is 57.8 Å². The molecule has 0 bridgehead atoms. The van der Waals surface area contributed by atoms with Gasteiger partial charge >= 0.3 is 0 Å². The molecule has 0 aliphatic heterocycles. The highest BCUT2D eigenvalue weighted by Gasteiger charge is 2.16. The number of hydrogen-bond donors (Lipinski definition) is 0. The molecule has 3 rings (SSSR count). The molecule has 1 aromatic heterocycles. The van der Waals surface area contributed by atoms with E-state index in [9.17, 15) is 0 Å². The molecule has 0 aliphatic carbocycles. The van der Waals surface area contributed by atoms with Gasteiger partial charge in [-0.05, 0) is 36.8 Å². The summed E-state index contributed by atoms with van der Waals surface area (Å²) in [6.45, 7) is 2.01. The van der Waals surface area contributed by atoms with E-state index in [2.05, 4.69) is 4.98 Å². The van der Waals surface area contributed by atoms with Gasteiger partial charge in [-0.3, -0.25) is 4.57 Å². The highest BCUT2D eigenvalue weighted by molar-refractivity contribution is 6.33. The standard InChI is InChI=1S/C15H11Cl3N2/c1-9-3-2-4-11(18)15(9)20-13-7-10(17)5-6-12(13)19-14(20)8-16/h2-7H,8H2,1H3. The summed E-state index contributed by atoms with van der Waals surface area (Å²) in [5, 5.41) is 1.32. The molecule has 0 aliphatic rings. The van der Waals surface area contributed by atoms with Gasteiger partial charge in [0.25, 0.3) is 0 Å². The summed E-state index contributed by atoms with van der Waals surface area (Å²) < 4.78 is 1.98. The SMILES string of the molecule is Cc1cccc(Cl)c1-n1c(CCl)nc2ccc(Cl)cc21. The van der Waals surface area contributed by atoms with Crippen LogP contribution in [0.2, 0.25) is 10.0 Å². The highest BCUT2D eigenvalue weighted by Crippen LogP contribution is 2.31. The fourth-order valence-electron chi connectivity index (χ4n) is 2.34. The van der Waals surface area contributed by atoms with Crippen LogP contribution >= 0.6 is 34.8 Å². The van der Waals surface area contributed by atoms with Crippen LogP contribution in [0.5, 0.6) is 0 Å². The largest absolute Gasteiger partial charge is 0.293 e. The van der Waals surface area contributed by atoms with Crippen molar-refractivity contribution in [2.75, 3.05) is 0 Å². The van der Waals surface area contributed by atoms with E-state index < -0.39 is 0 Å². The number of aryl methyl sites for hydroxylation is 1. The molecule has 2 nitrogen and oxygen atoms in total. The van der Waals surface area contributed by atoms with Crippen molar-refractivity contribution in [2.45, 2.75) is 12.8 Å². The summed E-state index contributed by atoms with van der Waals surface area (Å²) in [6.07, 6.45) is 0. The van der Waals surface area contributed by atoms with Crippen LogP contribution in [-0.4, -0.2) is 9.55 Å². The van der Waals surface area contributed by atoms with Crippen molar-refractivity contribution in [1.29, 1.82) is 0 Å². The number of benzene rings is 2. The normalized spacial score (nSPS) is 11.2. The molecule has 20 heavy (non-hydrogen) atoms. The van der Waals surface area contributed by atoms with E-state index in [0.29, 0.717) is 15.9 Å². The molecule has 0 spiro atoms. The van der Waals surface area contributed by atoms with Gasteiger partial charge in [-0.1, -0.05) is 35.3 Å². The van der Waals surface area contributed by atoms with E-state index in [1.54, 1.807) is 0 Å². The Bertz CT molecular complexity index is 773. The molecule has 0 fully saturated rings. The van der Waals surface area contributed by atoms with Crippen LogP contribution in [0.1, 0.15) is 11.4 Å². The Labute approximate surface area is 131 Å². The predicted octanol–water partition coefficient (Wildman–Crippen LogP) is 5.38. The maximum absolute atomic E-state index is 6.37. The first kappa shape index (κ1) is 13.7. The van der Waals surface area contributed by atoms with Gasteiger partial charge in [0, 0.05) is 5.02 Å². The summed E-state index contributed by atoms with van der Waals surface area (Å²) in [4.78, 5) is 4.54. The molecule has 0 radical (unpaired) electrons. The lowest BCUT2D eigenvalue weighted by Gasteiger charge is -2.13. The fraction of sp³-hybridized carbons (Fsp3) is 0.133. The number of hydrogen-bond acceptors (Lipinski definition) is 1. The number of rotatable bonds is 2. The summed E-state index contributed by atoms with van der Waals surface area (Å²) >= 11 is 18.5. The number of para-hydroxylation sites is 1. The monoisotopic (exact) mass is 324 g/mol. The maximum Gasteiger partial charge on any atom is 0.129 e. The molecular formula is C15H11Cl3N2. The van der Waals surface area contributed by atoms with Crippen molar-refractivity contribution >= 4 is 45.8 Å². The first-order valence-corrected chi connectivity index (χ1v) is 7.39. The zero-order valence-corrected chi connectivity index (χ0v) is 13.0. The van der Waals surface area contributed by atoms with E-state index in [1.807, 2.05) is 47.9 Å². The van der Waals surface area contributed by atoms with Gasteiger partial charge in [0.15, 0.2) is 0 Å². The summed E-state index contributed by atoms with van der Waals surface area (Å²) in [5.41, 5.74) is 3.71. The van der Waals surface area contributed by atoms with E-state index in [-0.39, 0.29) is 0 Å². The molecule has 0 saturated heterocycles. The molecule has 102 valence electrons. The third kappa shape index (κ3) is 2.18. The zero-order valence-electron chi connectivity index (χ0n) is 10.7. The van der Waals surface area contributed by atoms with Crippen LogP contribution in [0.4, 0.5) is 0 Å².